The molecular weight excluding hydrogens is 304 g/mol. The van der Waals surface area contributed by atoms with Crippen LogP contribution in [-0.2, 0) is 0 Å². The van der Waals surface area contributed by atoms with Crippen molar-refractivity contribution in [2.24, 2.45) is 0 Å². The largest absolute Gasteiger partial charge is 0.478 e. The minimum absolute atomic E-state index is 0.216. The molecule has 0 spiro atoms. The Labute approximate surface area is 130 Å². The Balaban J connectivity index is 1.73. The molecule has 0 fully saturated rings. The first-order valence-electron chi connectivity index (χ1n) is 6.52. The zero-order valence-corrected chi connectivity index (χ0v) is 12.5. The van der Waals surface area contributed by atoms with Gasteiger partial charge in [-0.2, -0.15) is 0 Å². The first-order chi connectivity index (χ1) is 10.8. The van der Waals surface area contributed by atoms with Crippen molar-refractivity contribution in [1.82, 2.24) is 15.0 Å². The molecule has 0 aliphatic carbocycles. The first kappa shape index (κ1) is 14.2. The summed E-state index contributed by atoms with van der Waals surface area (Å²) in [5.74, 6) is 0.638. The Morgan fingerprint density at radius 3 is 3.14 bits per heavy atom. The Morgan fingerprint density at radius 1 is 1.45 bits per heavy atom. The molecule has 3 aromatic rings. The average molecular weight is 316 g/mol. The molecule has 112 valence electrons. The molecular formula is C14H12N4O3S. The van der Waals surface area contributed by atoms with Gasteiger partial charge in [-0.05, 0) is 19.1 Å². The van der Waals surface area contributed by atoms with Crippen LogP contribution in [0.5, 0.6) is 5.88 Å². The third-order valence-electron chi connectivity index (χ3n) is 2.67. The topological polar surface area (TPSA) is 90.1 Å². The van der Waals surface area contributed by atoms with Crippen LogP contribution in [0.4, 0.5) is 5.13 Å². The fourth-order valence-corrected chi connectivity index (χ4v) is 2.42. The van der Waals surface area contributed by atoms with E-state index in [-0.39, 0.29) is 11.6 Å². The van der Waals surface area contributed by atoms with Gasteiger partial charge in [-0.15, -0.1) is 11.3 Å². The number of rotatable bonds is 5. The molecule has 0 saturated carbocycles. The average Bonchev–Trinajstić information content (AvgIpc) is 3.18. The number of aromatic nitrogens is 3. The minimum Gasteiger partial charge on any atom is -0.478 e. The van der Waals surface area contributed by atoms with Crippen molar-refractivity contribution in [2.75, 3.05) is 11.9 Å². The van der Waals surface area contributed by atoms with Gasteiger partial charge in [0.05, 0.1) is 12.9 Å². The number of anilines is 1. The molecule has 0 aromatic carbocycles. The lowest BCUT2D eigenvalue weighted by atomic mass is 10.4. The van der Waals surface area contributed by atoms with Gasteiger partial charge in [0.1, 0.15) is 17.7 Å². The highest BCUT2D eigenvalue weighted by Gasteiger charge is 2.13. The van der Waals surface area contributed by atoms with Crippen LogP contribution in [0.25, 0.3) is 11.5 Å². The molecule has 0 aliphatic rings. The van der Waals surface area contributed by atoms with E-state index in [1.54, 1.807) is 23.8 Å². The molecule has 0 atom stereocenters. The number of carbonyl (C=O) groups is 1. The zero-order chi connectivity index (χ0) is 15.4. The number of furan rings is 1. The number of hydrogen-bond donors (Lipinski definition) is 1. The summed E-state index contributed by atoms with van der Waals surface area (Å²) in [5.41, 5.74) is 0.885. The second-order valence-electron chi connectivity index (χ2n) is 4.14. The van der Waals surface area contributed by atoms with Crippen molar-refractivity contribution >= 4 is 22.4 Å². The van der Waals surface area contributed by atoms with E-state index >= 15 is 0 Å². The van der Waals surface area contributed by atoms with Crippen LogP contribution in [-0.4, -0.2) is 27.5 Å². The number of ether oxygens (including phenoxy) is 1. The second kappa shape index (κ2) is 6.35. The quantitative estimate of drug-likeness (QED) is 0.778. The van der Waals surface area contributed by atoms with Crippen molar-refractivity contribution in [2.45, 2.75) is 6.92 Å². The molecule has 0 unspecified atom stereocenters. The summed E-state index contributed by atoms with van der Waals surface area (Å²) in [6.07, 6.45) is 2.86. The highest BCUT2D eigenvalue weighted by Crippen LogP contribution is 2.25. The Hall–Kier alpha value is -2.74. The van der Waals surface area contributed by atoms with Crippen molar-refractivity contribution < 1.29 is 13.9 Å². The Bertz CT molecular complexity index is 770. The number of carbonyl (C=O) groups excluding carboxylic acids is 1. The molecule has 3 heterocycles. The van der Waals surface area contributed by atoms with Crippen LogP contribution in [0.1, 0.15) is 17.4 Å². The summed E-state index contributed by atoms with van der Waals surface area (Å²) < 4.78 is 10.5. The maximum atomic E-state index is 12.2. The van der Waals surface area contributed by atoms with E-state index in [1.807, 2.05) is 6.92 Å². The summed E-state index contributed by atoms with van der Waals surface area (Å²) in [5, 5.41) is 4.96. The standard InChI is InChI=1S/C14H12N4O3S/c1-2-20-12-6-9(15-8-16-12)13(19)18-14-17-10(7-22-14)11-4-3-5-21-11/h3-8H,2H2,1H3,(H,17,18,19). The van der Waals surface area contributed by atoms with Gasteiger partial charge in [0.25, 0.3) is 5.91 Å². The van der Waals surface area contributed by atoms with E-state index in [0.717, 1.165) is 0 Å². The molecule has 0 saturated heterocycles. The molecule has 8 heteroatoms. The summed E-state index contributed by atoms with van der Waals surface area (Å²) >= 11 is 1.31. The highest BCUT2D eigenvalue weighted by atomic mass is 32.1. The van der Waals surface area contributed by atoms with Gasteiger partial charge < -0.3 is 9.15 Å². The fraction of sp³-hybridized carbons (Fsp3) is 0.143. The molecule has 1 amide bonds. The number of hydrogen-bond acceptors (Lipinski definition) is 7. The second-order valence-corrected chi connectivity index (χ2v) is 5.00. The van der Waals surface area contributed by atoms with Gasteiger partial charge >= 0.3 is 0 Å². The van der Waals surface area contributed by atoms with E-state index in [1.165, 1.54) is 23.7 Å². The molecule has 7 nitrogen and oxygen atoms in total. The molecule has 0 radical (unpaired) electrons. The van der Waals surface area contributed by atoms with Gasteiger partial charge in [-0.1, -0.05) is 0 Å². The smallest absolute Gasteiger partial charge is 0.276 e. The Kier molecular flexibility index (Phi) is 4.10. The molecule has 3 rings (SSSR count). The van der Waals surface area contributed by atoms with Crippen molar-refractivity contribution in [3.63, 3.8) is 0 Å². The summed E-state index contributed by atoms with van der Waals surface area (Å²) in [7, 11) is 0. The van der Waals surface area contributed by atoms with Gasteiger partial charge in [0.15, 0.2) is 10.9 Å². The molecule has 22 heavy (non-hydrogen) atoms. The summed E-state index contributed by atoms with van der Waals surface area (Å²) in [6.45, 7) is 2.31. The Morgan fingerprint density at radius 2 is 2.36 bits per heavy atom. The lowest BCUT2D eigenvalue weighted by Crippen LogP contribution is -2.14. The van der Waals surface area contributed by atoms with E-state index in [4.69, 9.17) is 9.15 Å². The van der Waals surface area contributed by atoms with Gasteiger partial charge in [-0.3, -0.25) is 10.1 Å². The molecule has 0 bridgehead atoms. The van der Waals surface area contributed by atoms with E-state index in [2.05, 4.69) is 20.3 Å². The number of nitrogens with one attached hydrogen (secondary N) is 1. The zero-order valence-electron chi connectivity index (χ0n) is 11.6. The lowest BCUT2D eigenvalue weighted by molar-refractivity contribution is 0.102. The van der Waals surface area contributed by atoms with Gasteiger partial charge in [0, 0.05) is 11.4 Å². The third kappa shape index (κ3) is 3.12. The number of amides is 1. The number of thiazole rings is 1. The van der Waals surface area contributed by atoms with E-state index in [0.29, 0.717) is 29.1 Å². The third-order valence-corrected chi connectivity index (χ3v) is 3.42. The molecule has 3 aromatic heterocycles. The monoisotopic (exact) mass is 316 g/mol. The number of nitrogens with zero attached hydrogens (tertiary/aromatic N) is 3. The maximum Gasteiger partial charge on any atom is 0.276 e. The predicted molar refractivity (Wildman–Crippen MR) is 81.0 cm³/mol. The van der Waals surface area contributed by atoms with Crippen LogP contribution in [0, 0.1) is 0 Å². The first-order valence-corrected chi connectivity index (χ1v) is 7.40. The maximum absolute atomic E-state index is 12.2. The van der Waals surface area contributed by atoms with Crippen LogP contribution >= 0.6 is 11.3 Å². The highest BCUT2D eigenvalue weighted by molar-refractivity contribution is 7.14. The van der Waals surface area contributed by atoms with Gasteiger partial charge in [0.2, 0.25) is 5.88 Å². The molecule has 1 N–H and O–H groups in total. The van der Waals surface area contributed by atoms with Crippen LogP contribution in [0.15, 0.2) is 40.6 Å². The van der Waals surface area contributed by atoms with E-state index in [9.17, 15) is 4.79 Å². The summed E-state index contributed by atoms with van der Waals surface area (Å²) in [6, 6.07) is 5.07. The van der Waals surface area contributed by atoms with Crippen molar-refractivity contribution in [3.8, 4) is 17.3 Å². The minimum atomic E-state index is -0.372. The van der Waals surface area contributed by atoms with Gasteiger partial charge in [-0.25, -0.2) is 15.0 Å². The van der Waals surface area contributed by atoms with Crippen molar-refractivity contribution in [1.29, 1.82) is 0 Å². The lowest BCUT2D eigenvalue weighted by Gasteiger charge is -2.03. The van der Waals surface area contributed by atoms with E-state index < -0.39 is 0 Å². The van der Waals surface area contributed by atoms with Crippen LogP contribution in [0.3, 0.4) is 0 Å². The van der Waals surface area contributed by atoms with Crippen molar-refractivity contribution in [3.05, 3.63) is 41.9 Å². The molecule has 0 aliphatic heterocycles. The fourth-order valence-electron chi connectivity index (χ4n) is 1.72. The van der Waals surface area contributed by atoms with Crippen LogP contribution < -0.4 is 10.1 Å². The predicted octanol–water partition coefficient (Wildman–Crippen LogP) is 2.84. The van der Waals surface area contributed by atoms with Crippen LogP contribution in [0.2, 0.25) is 0 Å². The summed E-state index contributed by atoms with van der Waals surface area (Å²) in [4.78, 5) is 24.3. The normalized spacial score (nSPS) is 10.4. The SMILES string of the molecule is CCOc1cc(C(=O)Nc2nc(-c3ccco3)cs2)ncn1.